The Hall–Kier alpha value is -2.83. The third kappa shape index (κ3) is 5.34. The van der Waals surface area contributed by atoms with Crippen LogP contribution in [0.2, 0.25) is 0 Å². The zero-order valence-electron chi connectivity index (χ0n) is 16.4. The molecule has 0 unspecified atom stereocenters. The van der Waals surface area contributed by atoms with Gasteiger partial charge in [0.2, 0.25) is 0 Å². The summed E-state index contributed by atoms with van der Waals surface area (Å²) in [7, 11) is 3.99. The van der Waals surface area contributed by atoms with Gasteiger partial charge in [0.1, 0.15) is 11.9 Å². The molecule has 0 bridgehead atoms. The zero-order chi connectivity index (χ0) is 19.8. The van der Waals surface area contributed by atoms with Gasteiger partial charge in [0, 0.05) is 32.1 Å². The molecule has 1 saturated carbocycles. The van der Waals surface area contributed by atoms with Gasteiger partial charge in [0.05, 0.1) is 37.0 Å². The van der Waals surface area contributed by atoms with E-state index in [1.807, 2.05) is 19.2 Å². The van der Waals surface area contributed by atoms with Crippen LogP contribution >= 0.6 is 0 Å². The highest BCUT2D eigenvalue weighted by atomic mass is 16.5. The molecule has 9 nitrogen and oxygen atoms in total. The van der Waals surface area contributed by atoms with Crippen LogP contribution in [0.1, 0.15) is 36.6 Å². The summed E-state index contributed by atoms with van der Waals surface area (Å²) in [6.45, 7) is 4.02. The molecule has 2 aromatic heterocycles. The van der Waals surface area contributed by atoms with Crippen molar-refractivity contribution >= 4 is 17.3 Å². The fourth-order valence-corrected chi connectivity index (χ4v) is 2.88. The van der Waals surface area contributed by atoms with Crippen LogP contribution in [-0.4, -0.2) is 65.5 Å². The summed E-state index contributed by atoms with van der Waals surface area (Å²) < 4.78 is 5.10. The third-order valence-corrected chi connectivity index (χ3v) is 4.84. The Morgan fingerprint density at radius 1 is 1.14 bits per heavy atom. The van der Waals surface area contributed by atoms with Crippen molar-refractivity contribution in [2.24, 2.45) is 0 Å². The fourth-order valence-electron chi connectivity index (χ4n) is 2.88. The molecule has 2 aromatic rings. The van der Waals surface area contributed by atoms with Gasteiger partial charge in [-0.2, -0.15) is 10.4 Å². The van der Waals surface area contributed by atoms with Gasteiger partial charge >= 0.3 is 0 Å². The summed E-state index contributed by atoms with van der Waals surface area (Å²) in [6.07, 6.45) is 6.53. The van der Waals surface area contributed by atoms with Gasteiger partial charge in [-0.3, -0.25) is 0 Å². The number of likely N-dealkylation sites (N-methyl/N-ethyl adjacent to an activating group) is 1. The maximum atomic E-state index is 8.69. The predicted molar refractivity (Wildman–Crippen MR) is 107 cm³/mol. The average Bonchev–Trinajstić information content (AvgIpc) is 2.69. The van der Waals surface area contributed by atoms with Crippen LogP contribution in [0.15, 0.2) is 18.5 Å². The summed E-state index contributed by atoms with van der Waals surface area (Å²) in [5.74, 6) is 1.65. The molecule has 3 heterocycles. The van der Waals surface area contributed by atoms with Crippen molar-refractivity contribution in [3.8, 4) is 6.07 Å². The average molecular weight is 382 g/mol. The van der Waals surface area contributed by atoms with Crippen LogP contribution in [0.4, 0.5) is 17.3 Å². The minimum atomic E-state index is 0.280. The first-order valence-corrected chi connectivity index (χ1v) is 9.50. The molecular weight excluding hydrogens is 356 g/mol. The molecule has 28 heavy (non-hydrogen) atoms. The Morgan fingerprint density at radius 3 is 2.43 bits per heavy atom. The van der Waals surface area contributed by atoms with E-state index in [4.69, 9.17) is 10.00 Å². The Bertz CT molecular complexity index is 795. The van der Waals surface area contributed by atoms with Crippen molar-refractivity contribution < 1.29 is 4.74 Å². The molecule has 0 amide bonds. The van der Waals surface area contributed by atoms with E-state index in [0.717, 1.165) is 37.7 Å². The quantitative estimate of drug-likeness (QED) is 0.821. The van der Waals surface area contributed by atoms with Crippen molar-refractivity contribution in [3.63, 3.8) is 0 Å². The molecule has 2 fully saturated rings. The Labute approximate surface area is 165 Å². The minimum absolute atomic E-state index is 0.280. The molecule has 0 atom stereocenters. The van der Waals surface area contributed by atoms with Crippen LogP contribution < -0.4 is 10.6 Å². The van der Waals surface area contributed by atoms with Crippen LogP contribution in [0.3, 0.4) is 0 Å². The monoisotopic (exact) mass is 382 g/mol. The number of rotatable bonds is 4. The standard InChI is InChI=1S/C14H15N7.C5H11NO/c1-16-11-5-12(20-21-14(11)9-3-2-4-9)19-13-8-17-10(6-15)7-18-13;1-6-2-4-7-5-3-6/h5,7-9H,2-4H2,1H3,(H2,16,18,19,20);2-5H2,1H3. The van der Waals surface area contributed by atoms with Gasteiger partial charge in [0.15, 0.2) is 11.5 Å². The summed E-state index contributed by atoms with van der Waals surface area (Å²) in [6, 6.07) is 3.85. The van der Waals surface area contributed by atoms with Crippen molar-refractivity contribution in [1.29, 1.82) is 5.26 Å². The van der Waals surface area contributed by atoms with E-state index < -0.39 is 0 Å². The highest BCUT2D eigenvalue weighted by Crippen LogP contribution is 2.38. The van der Waals surface area contributed by atoms with E-state index in [-0.39, 0.29) is 5.69 Å². The number of hydrogen-bond donors (Lipinski definition) is 2. The number of anilines is 3. The molecule has 4 rings (SSSR count). The first kappa shape index (κ1) is 19.9. The van der Waals surface area contributed by atoms with E-state index in [9.17, 15) is 0 Å². The Balaban J connectivity index is 0.000000271. The van der Waals surface area contributed by atoms with Crippen molar-refractivity contribution in [2.75, 3.05) is 51.0 Å². The van der Waals surface area contributed by atoms with Gasteiger partial charge < -0.3 is 20.3 Å². The maximum Gasteiger partial charge on any atom is 0.158 e. The Kier molecular flexibility index (Phi) is 7.06. The van der Waals surface area contributed by atoms with Crippen LogP contribution in [0.25, 0.3) is 0 Å². The highest BCUT2D eigenvalue weighted by Gasteiger charge is 2.24. The maximum absolute atomic E-state index is 8.69. The van der Waals surface area contributed by atoms with Crippen LogP contribution in [0, 0.1) is 11.3 Å². The number of nitrogens with zero attached hydrogens (tertiary/aromatic N) is 6. The molecule has 0 radical (unpaired) electrons. The van der Waals surface area contributed by atoms with E-state index >= 15 is 0 Å². The molecule has 148 valence electrons. The van der Waals surface area contributed by atoms with E-state index in [1.54, 1.807) is 0 Å². The van der Waals surface area contributed by atoms with E-state index in [2.05, 4.69) is 42.7 Å². The lowest BCUT2D eigenvalue weighted by Gasteiger charge is -2.26. The van der Waals surface area contributed by atoms with E-state index in [0.29, 0.717) is 17.6 Å². The lowest BCUT2D eigenvalue weighted by molar-refractivity contribution is 0.0503. The molecule has 9 heteroatoms. The molecular formula is C19H26N8O. The summed E-state index contributed by atoms with van der Waals surface area (Å²) in [5.41, 5.74) is 2.29. The van der Waals surface area contributed by atoms with Crippen LogP contribution in [-0.2, 0) is 4.74 Å². The van der Waals surface area contributed by atoms with Crippen molar-refractivity contribution in [1.82, 2.24) is 25.1 Å². The van der Waals surface area contributed by atoms with Crippen LogP contribution in [0.5, 0.6) is 0 Å². The first-order valence-electron chi connectivity index (χ1n) is 9.50. The molecule has 2 N–H and O–H groups in total. The minimum Gasteiger partial charge on any atom is -0.386 e. The van der Waals surface area contributed by atoms with Crippen molar-refractivity contribution in [2.45, 2.75) is 25.2 Å². The van der Waals surface area contributed by atoms with Gasteiger partial charge in [-0.25, -0.2) is 9.97 Å². The highest BCUT2D eigenvalue weighted by molar-refractivity contribution is 5.59. The molecule has 1 aliphatic carbocycles. The van der Waals surface area contributed by atoms with Gasteiger partial charge in [0.25, 0.3) is 0 Å². The number of nitriles is 1. The number of morpholine rings is 1. The second-order valence-electron chi connectivity index (χ2n) is 6.85. The molecule has 0 aromatic carbocycles. The SMILES string of the molecule is CN1CCOCC1.CNc1cc(Nc2cnc(C#N)cn2)nnc1C1CCC1. The topological polar surface area (TPSA) is 112 Å². The van der Waals surface area contributed by atoms with Gasteiger partial charge in [-0.15, -0.1) is 5.10 Å². The second-order valence-corrected chi connectivity index (χ2v) is 6.85. The summed E-state index contributed by atoms with van der Waals surface area (Å²) >= 11 is 0. The fraction of sp³-hybridized carbons (Fsp3) is 0.526. The number of aromatic nitrogens is 4. The molecule has 0 spiro atoms. The molecule has 2 aliphatic rings. The largest absolute Gasteiger partial charge is 0.386 e. The molecule has 1 aliphatic heterocycles. The lowest BCUT2D eigenvalue weighted by atomic mass is 9.82. The van der Waals surface area contributed by atoms with E-state index in [1.165, 1.54) is 31.7 Å². The number of hydrogen-bond acceptors (Lipinski definition) is 9. The first-order chi connectivity index (χ1) is 13.7. The Morgan fingerprint density at radius 2 is 1.93 bits per heavy atom. The summed E-state index contributed by atoms with van der Waals surface area (Å²) in [5, 5.41) is 23.4. The molecule has 1 saturated heterocycles. The number of nitrogens with one attached hydrogen (secondary N) is 2. The van der Waals surface area contributed by atoms with Gasteiger partial charge in [-0.1, -0.05) is 6.42 Å². The lowest BCUT2D eigenvalue weighted by Crippen LogP contribution is -2.32. The second kappa shape index (κ2) is 9.92. The van der Waals surface area contributed by atoms with Gasteiger partial charge in [-0.05, 0) is 19.9 Å². The summed E-state index contributed by atoms with van der Waals surface area (Å²) in [4.78, 5) is 10.3. The zero-order valence-corrected chi connectivity index (χ0v) is 16.4. The van der Waals surface area contributed by atoms with Crippen molar-refractivity contribution in [3.05, 3.63) is 29.8 Å². The predicted octanol–water partition coefficient (Wildman–Crippen LogP) is 2.14. The normalized spacial score (nSPS) is 16.9. The number of ether oxygens (including phenoxy) is 1. The third-order valence-electron chi connectivity index (χ3n) is 4.84. The smallest absolute Gasteiger partial charge is 0.158 e.